The first-order valence-electron chi connectivity index (χ1n) is 5.11. The molecule has 0 aliphatic carbocycles. The molecular formula is C9H16N4O3. The van der Waals surface area contributed by atoms with Crippen LogP contribution in [0.15, 0.2) is 0 Å². The fourth-order valence-corrected chi connectivity index (χ4v) is 1.78. The average molecular weight is 228 g/mol. The number of piperazine rings is 1. The van der Waals surface area contributed by atoms with Gasteiger partial charge in [-0.3, -0.25) is 30.0 Å². The maximum atomic E-state index is 11.5. The quantitative estimate of drug-likeness (QED) is 0.226. The highest BCUT2D eigenvalue weighted by molar-refractivity contribution is 6.01. The van der Waals surface area contributed by atoms with Crippen molar-refractivity contribution in [2.24, 2.45) is 5.84 Å². The van der Waals surface area contributed by atoms with Crippen molar-refractivity contribution in [3.8, 4) is 0 Å². The standard InChI is InChI=1S/C9H16N4O3/c1-3-6-9(16)11-7(14)4-13(6)5(2)8(15)12-10/h5-6H,3-4,10H2,1-2H3,(H,12,15)(H,11,14,16). The number of amides is 3. The molecule has 1 rings (SSSR count). The third kappa shape index (κ3) is 2.37. The maximum Gasteiger partial charge on any atom is 0.250 e. The molecule has 90 valence electrons. The lowest BCUT2D eigenvalue weighted by molar-refractivity contribution is -0.143. The van der Waals surface area contributed by atoms with Crippen molar-refractivity contribution in [1.82, 2.24) is 15.6 Å². The summed E-state index contributed by atoms with van der Waals surface area (Å²) in [6, 6.07) is -1.07. The van der Waals surface area contributed by atoms with E-state index in [0.717, 1.165) is 0 Å². The van der Waals surface area contributed by atoms with Crippen LogP contribution in [0.5, 0.6) is 0 Å². The second-order valence-electron chi connectivity index (χ2n) is 3.69. The van der Waals surface area contributed by atoms with E-state index in [2.05, 4.69) is 5.32 Å². The second-order valence-corrected chi connectivity index (χ2v) is 3.69. The number of hydrogen-bond acceptors (Lipinski definition) is 5. The van der Waals surface area contributed by atoms with E-state index in [4.69, 9.17) is 5.84 Å². The van der Waals surface area contributed by atoms with Crippen molar-refractivity contribution in [3.05, 3.63) is 0 Å². The van der Waals surface area contributed by atoms with E-state index in [1.165, 1.54) is 0 Å². The van der Waals surface area contributed by atoms with E-state index in [0.29, 0.717) is 6.42 Å². The lowest BCUT2D eigenvalue weighted by atomic mass is 10.1. The van der Waals surface area contributed by atoms with Gasteiger partial charge in [0.25, 0.3) is 5.91 Å². The molecule has 2 unspecified atom stereocenters. The molecule has 2 atom stereocenters. The molecule has 1 aliphatic rings. The van der Waals surface area contributed by atoms with Gasteiger partial charge in [0.05, 0.1) is 18.6 Å². The third-order valence-electron chi connectivity index (χ3n) is 2.70. The highest BCUT2D eigenvalue weighted by atomic mass is 16.2. The molecule has 0 aromatic rings. The van der Waals surface area contributed by atoms with Crippen LogP contribution < -0.4 is 16.6 Å². The van der Waals surface area contributed by atoms with Crippen LogP contribution in [0.2, 0.25) is 0 Å². The average Bonchev–Trinajstić information content (AvgIpc) is 2.26. The van der Waals surface area contributed by atoms with Crippen LogP contribution in [0, 0.1) is 0 Å². The molecule has 0 aromatic carbocycles. The Balaban J connectivity index is 2.85. The minimum atomic E-state index is -0.607. The molecule has 1 heterocycles. The van der Waals surface area contributed by atoms with E-state index >= 15 is 0 Å². The Hall–Kier alpha value is -1.47. The summed E-state index contributed by atoms with van der Waals surface area (Å²) in [7, 11) is 0. The number of carbonyl (C=O) groups is 3. The first-order valence-corrected chi connectivity index (χ1v) is 5.11. The Bertz CT molecular complexity index is 318. The number of rotatable bonds is 3. The minimum Gasteiger partial charge on any atom is -0.294 e. The number of nitrogens with one attached hydrogen (secondary N) is 2. The summed E-state index contributed by atoms with van der Waals surface area (Å²) < 4.78 is 0. The van der Waals surface area contributed by atoms with E-state index in [1.807, 2.05) is 12.3 Å². The fourth-order valence-electron chi connectivity index (χ4n) is 1.78. The molecule has 0 bridgehead atoms. The Kier molecular flexibility index (Phi) is 3.97. The number of nitrogens with zero attached hydrogens (tertiary/aromatic N) is 1. The number of nitrogens with two attached hydrogens (primary N) is 1. The molecule has 7 nitrogen and oxygen atoms in total. The lowest BCUT2D eigenvalue weighted by Crippen LogP contribution is -2.63. The van der Waals surface area contributed by atoms with Gasteiger partial charge in [0.15, 0.2) is 0 Å². The monoisotopic (exact) mass is 228 g/mol. The summed E-state index contributed by atoms with van der Waals surface area (Å²) in [5, 5.41) is 2.24. The van der Waals surface area contributed by atoms with Crippen LogP contribution in [0.1, 0.15) is 20.3 Å². The van der Waals surface area contributed by atoms with Crippen molar-refractivity contribution in [2.45, 2.75) is 32.4 Å². The van der Waals surface area contributed by atoms with Crippen molar-refractivity contribution >= 4 is 17.7 Å². The van der Waals surface area contributed by atoms with Crippen molar-refractivity contribution < 1.29 is 14.4 Å². The molecule has 0 radical (unpaired) electrons. The van der Waals surface area contributed by atoms with Gasteiger partial charge in [-0.05, 0) is 13.3 Å². The van der Waals surface area contributed by atoms with Gasteiger partial charge in [0.1, 0.15) is 0 Å². The van der Waals surface area contributed by atoms with E-state index in [-0.39, 0.29) is 12.5 Å². The largest absolute Gasteiger partial charge is 0.294 e. The van der Waals surface area contributed by atoms with Gasteiger partial charge in [0, 0.05) is 0 Å². The van der Waals surface area contributed by atoms with Crippen molar-refractivity contribution in [1.29, 1.82) is 0 Å². The molecule has 4 N–H and O–H groups in total. The predicted octanol–water partition coefficient (Wildman–Crippen LogP) is -1.90. The smallest absolute Gasteiger partial charge is 0.250 e. The Labute approximate surface area is 93.3 Å². The van der Waals surface area contributed by atoms with Crippen LogP contribution in [0.25, 0.3) is 0 Å². The van der Waals surface area contributed by atoms with Crippen LogP contribution >= 0.6 is 0 Å². The number of hydrazine groups is 1. The van der Waals surface area contributed by atoms with E-state index in [1.54, 1.807) is 11.8 Å². The van der Waals surface area contributed by atoms with Gasteiger partial charge in [-0.2, -0.15) is 0 Å². The Morgan fingerprint density at radius 3 is 2.81 bits per heavy atom. The first kappa shape index (κ1) is 12.6. The Morgan fingerprint density at radius 2 is 2.31 bits per heavy atom. The van der Waals surface area contributed by atoms with Crippen LogP contribution in [-0.4, -0.2) is 41.2 Å². The fraction of sp³-hybridized carbons (Fsp3) is 0.667. The summed E-state index contributed by atoms with van der Waals surface area (Å²) in [6.45, 7) is 3.45. The molecule has 0 spiro atoms. The lowest BCUT2D eigenvalue weighted by Gasteiger charge is -2.36. The molecule has 16 heavy (non-hydrogen) atoms. The van der Waals surface area contributed by atoms with Crippen molar-refractivity contribution in [3.63, 3.8) is 0 Å². The summed E-state index contributed by atoms with van der Waals surface area (Å²) in [5.41, 5.74) is 2.01. The normalized spacial score (nSPS) is 23.8. The number of hydrogen-bond donors (Lipinski definition) is 3. The van der Waals surface area contributed by atoms with E-state index in [9.17, 15) is 14.4 Å². The van der Waals surface area contributed by atoms with Crippen LogP contribution in [-0.2, 0) is 14.4 Å². The van der Waals surface area contributed by atoms with Gasteiger partial charge in [0.2, 0.25) is 11.8 Å². The van der Waals surface area contributed by atoms with Crippen LogP contribution in [0.3, 0.4) is 0 Å². The van der Waals surface area contributed by atoms with Crippen molar-refractivity contribution in [2.75, 3.05) is 6.54 Å². The molecule has 7 heteroatoms. The molecule has 1 saturated heterocycles. The van der Waals surface area contributed by atoms with Gasteiger partial charge in [-0.1, -0.05) is 6.92 Å². The number of imide groups is 1. The zero-order chi connectivity index (χ0) is 12.3. The molecule has 0 aromatic heterocycles. The van der Waals surface area contributed by atoms with Gasteiger partial charge >= 0.3 is 0 Å². The highest BCUT2D eigenvalue weighted by Gasteiger charge is 2.37. The minimum absolute atomic E-state index is 0.0266. The molecule has 0 saturated carbocycles. The zero-order valence-electron chi connectivity index (χ0n) is 9.32. The molecule has 1 aliphatic heterocycles. The number of carbonyl (C=O) groups excluding carboxylic acids is 3. The molecule has 3 amide bonds. The second kappa shape index (κ2) is 5.04. The highest BCUT2D eigenvalue weighted by Crippen LogP contribution is 2.13. The van der Waals surface area contributed by atoms with Gasteiger partial charge in [-0.25, -0.2) is 5.84 Å². The predicted molar refractivity (Wildman–Crippen MR) is 55.7 cm³/mol. The van der Waals surface area contributed by atoms with Gasteiger partial charge < -0.3 is 0 Å². The van der Waals surface area contributed by atoms with Crippen LogP contribution in [0.4, 0.5) is 0 Å². The topological polar surface area (TPSA) is 105 Å². The Morgan fingerprint density at radius 1 is 1.69 bits per heavy atom. The van der Waals surface area contributed by atoms with Gasteiger partial charge in [-0.15, -0.1) is 0 Å². The first-order chi connectivity index (χ1) is 7.51. The molecular weight excluding hydrogens is 212 g/mol. The zero-order valence-corrected chi connectivity index (χ0v) is 9.32. The molecule has 1 fully saturated rings. The summed E-state index contributed by atoms with van der Waals surface area (Å²) in [4.78, 5) is 35.7. The SMILES string of the molecule is CCC1C(=O)NC(=O)CN1C(C)C(=O)NN. The summed E-state index contributed by atoms with van der Waals surface area (Å²) in [5.74, 6) is 3.85. The summed E-state index contributed by atoms with van der Waals surface area (Å²) >= 11 is 0. The maximum absolute atomic E-state index is 11.5. The van der Waals surface area contributed by atoms with E-state index < -0.39 is 23.9 Å². The summed E-state index contributed by atoms with van der Waals surface area (Å²) in [6.07, 6.45) is 0.529. The third-order valence-corrected chi connectivity index (χ3v) is 2.70.